The number of hydrogen-bond acceptors (Lipinski definition) is 4. The maximum Gasteiger partial charge on any atom is 0.262 e. The predicted octanol–water partition coefficient (Wildman–Crippen LogP) is 3.11. The molecule has 0 aliphatic carbocycles. The van der Waals surface area contributed by atoms with Crippen LogP contribution in [0.5, 0.6) is 5.75 Å². The number of nitrogens with two attached hydrogens (primary N) is 1. The van der Waals surface area contributed by atoms with Gasteiger partial charge in [-0.25, -0.2) is 0 Å². The Labute approximate surface area is 172 Å². The van der Waals surface area contributed by atoms with Crippen LogP contribution < -0.4 is 21.1 Å². The lowest BCUT2D eigenvalue weighted by Crippen LogP contribution is -2.30. The van der Waals surface area contributed by atoms with E-state index in [2.05, 4.69) is 31.4 Å². The normalized spacial score (nSPS) is 10.6. The minimum atomic E-state index is -0.335. The van der Waals surface area contributed by atoms with E-state index >= 15 is 0 Å². The highest BCUT2D eigenvalue weighted by Gasteiger charge is 2.19. The molecule has 6 nitrogen and oxygen atoms in total. The Hall–Kier alpha value is -2.57. The second-order valence-corrected chi connectivity index (χ2v) is 7.17. The number of hydrogen-bond donors (Lipinski definition) is 3. The molecule has 28 heavy (non-hydrogen) atoms. The Morgan fingerprint density at radius 2 is 1.68 bits per heavy atom. The van der Waals surface area contributed by atoms with Crippen LogP contribution in [-0.2, 0) is 10.2 Å². The Morgan fingerprint density at radius 3 is 2.36 bits per heavy atom. The van der Waals surface area contributed by atoms with Crippen molar-refractivity contribution in [1.82, 2.24) is 5.32 Å². The summed E-state index contributed by atoms with van der Waals surface area (Å²) in [4.78, 5) is 24.5. The molecule has 0 fully saturated rings. The number of carbonyl (C=O) groups is 2. The summed E-state index contributed by atoms with van der Waals surface area (Å²) in [5.41, 5.74) is 7.16. The van der Waals surface area contributed by atoms with Crippen molar-refractivity contribution in [3.63, 3.8) is 0 Å². The van der Waals surface area contributed by atoms with E-state index in [4.69, 9.17) is 10.5 Å². The van der Waals surface area contributed by atoms with Crippen molar-refractivity contribution in [2.45, 2.75) is 26.2 Å². The second-order valence-electron chi connectivity index (χ2n) is 7.17. The molecule has 152 valence electrons. The van der Waals surface area contributed by atoms with Gasteiger partial charge in [0.2, 0.25) is 0 Å². The summed E-state index contributed by atoms with van der Waals surface area (Å²) < 4.78 is 5.73. The summed E-state index contributed by atoms with van der Waals surface area (Å²) in [6, 6.07) is 14.5. The van der Waals surface area contributed by atoms with Crippen LogP contribution in [0.25, 0.3) is 0 Å². The summed E-state index contributed by atoms with van der Waals surface area (Å²) >= 11 is 0. The van der Waals surface area contributed by atoms with Gasteiger partial charge >= 0.3 is 0 Å². The van der Waals surface area contributed by atoms with Crippen LogP contribution in [0, 0.1) is 0 Å². The maximum atomic E-state index is 12.3. The number of rotatable bonds is 7. The van der Waals surface area contributed by atoms with Gasteiger partial charge in [-0.1, -0.05) is 51.1 Å². The van der Waals surface area contributed by atoms with Gasteiger partial charge in [0.1, 0.15) is 5.75 Å². The van der Waals surface area contributed by atoms with E-state index in [1.807, 2.05) is 24.3 Å². The van der Waals surface area contributed by atoms with E-state index in [1.165, 1.54) is 0 Å². The molecule has 2 rings (SSSR count). The van der Waals surface area contributed by atoms with Crippen LogP contribution in [-0.4, -0.2) is 31.5 Å². The van der Waals surface area contributed by atoms with Crippen LogP contribution in [0.3, 0.4) is 0 Å². The first-order valence-corrected chi connectivity index (χ1v) is 8.92. The molecule has 0 bridgehead atoms. The number of para-hydroxylation sites is 2. The SMILES string of the molecule is CC(C)(C)c1ccccc1OCC(=O)Nc1ccccc1C(=O)NCCN.Cl. The zero-order valence-electron chi connectivity index (χ0n) is 16.5. The van der Waals surface area contributed by atoms with Gasteiger partial charge in [0.15, 0.2) is 6.61 Å². The van der Waals surface area contributed by atoms with Crippen molar-refractivity contribution in [3.05, 3.63) is 59.7 Å². The Bertz CT molecular complexity index is 803. The largest absolute Gasteiger partial charge is 0.483 e. The molecule has 0 aliphatic heterocycles. The molecule has 4 N–H and O–H groups in total. The van der Waals surface area contributed by atoms with Gasteiger partial charge in [-0.3, -0.25) is 9.59 Å². The van der Waals surface area contributed by atoms with Gasteiger partial charge in [-0.15, -0.1) is 12.4 Å². The van der Waals surface area contributed by atoms with E-state index < -0.39 is 0 Å². The molecule has 2 aromatic carbocycles. The third kappa shape index (κ3) is 6.55. The molecule has 0 unspecified atom stereocenters. The monoisotopic (exact) mass is 405 g/mol. The zero-order chi connectivity index (χ0) is 19.9. The highest BCUT2D eigenvalue weighted by molar-refractivity contribution is 6.04. The highest BCUT2D eigenvalue weighted by atomic mass is 35.5. The minimum Gasteiger partial charge on any atom is -0.483 e. The Kier molecular flexibility index (Phi) is 8.96. The number of amides is 2. The number of benzene rings is 2. The molecule has 0 radical (unpaired) electrons. The van der Waals surface area contributed by atoms with Gasteiger partial charge in [-0.2, -0.15) is 0 Å². The molecule has 0 aromatic heterocycles. The molecule has 0 heterocycles. The van der Waals surface area contributed by atoms with Gasteiger partial charge in [-0.05, 0) is 29.2 Å². The van der Waals surface area contributed by atoms with Crippen LogP contribution in [0.4, 0.5) is 5.69 Å². The van der Waals surface area contributed by atoms with E-state index in [9.17, 15) is 9.59 Å². The maximum absolute atomic E-state index is 12.3. The van der Waals surface area contributed by atoms with Gasteiger partial charge in [0.05, 0.1) is 11.3 Å². The third-order valence-corrected chi connectivity index (χ3v) is 3.93. The van der Waals surface area contributed by atoms with E-state index in [0.717, 1.165) is 5.56 Å². The van der Waals surface area contributed by atoms with Gasteiger partial charge in [0, 0.05) is 13.1 Å². The quantitative estimate of drug-likeness (QED) is 0.659. The summed E-state index contributed by atoms with van der Waals surface area (Å²) in [5.74, 6) is 0.0576. The molecule has 2 amide bonds. The molecule has 2 aromatic rings. The third-order valence-electron chi connectivity index (χ3n) is 3.93. The van der Waals surface area contributed by atoms with E-state index in [-0.39, 0.29) is 36.2 Å². The first-order valence-electron chi connectivity index (χ1n) is 8.92. The van der Waals surface area contributed by atoms with E-state index in [0.29, 0.717) is 30.1 Å². The van der Waals surface area contributed by atoms with Crippen molar-refractivity contribution in [2.75, 3.05) is 25.0 Å². The van der Waals surface area contributed by atoms with Gasteiger partial charge < -0.3 is 21.1 Å². The summed E-state index contributed by atoms with van der Waals surface area (Å²) in [6.45, 7) is 6.84. The number of anilines is 1. The molecular weight excluding hydrogens is 378 g/mol. The van der Waals surface area contributed by atoms with Crippen LogP contribution in [0.1, 0.15) is 36.7 Å². The van der Waals surface area contributed by atoms with Crippen LogP contribution >= 0.6 is 12.4 Å². The first-order chi connectivity index (χ1) is 12.8. The average Bonchev–Trinajstić information content (AvgIpc) is 2.64. The number of ether oxygens (including phenoxy) is 1. The molecule has 0 spiro atoms. The Morgan fingerprint density at radius 1 is 1.04 bits per heavy atom. The van der Waals surface area contributed by atoms with Crippen LogP contribution in [0.2, 0.25) is 0 Å². The minimum absolute atomic E-state index is 0. The van der Waals surface area contributed by atoms with Crippen molar-refractivity contribution >= 4 is 29.9 Å². The standard InChI is InChI=1S/C21H27N3O3.ClH/c1-21(2,3)16-9-5-7-11-18(16)27-14-19(25)24-17-10-6-4-8-15(17)20(26)23-13-12-22;/h4-11H,12-14,22H2,1-3H3,(H,23,26)(H,24,25);1H. The fraction of sp³-hybridized carbons (Fsp3) is 0.333. The molecular formula is C21H28ClN3O3. The summed E-state index contributed by atoms with van der Waals surface area (Å²) in [5, 5.41) is 5.44. The predicted molar refractivity (Wildman–Crippen MR) is 114 cm³/mol. The number of halogens is 1. The molecule has 7 heteroatoms. The van der Waals surface area contributed by atoms with Crippen molar-refractivity contribution in [2.24, 2.45) is 5.73 Å². The summed E-state index contributed by atoms with van der Waals surface area (Å²) in [6.07, 6.45) is 0. The Balaban J connectivity index is 0.00000392. The highest BCUT2D eigenvalue weighted by Crippen LogP contribution is 2.30. The fourth-order valence-electron chi connectivity index (χ4n) is 2.61. The topological polar surface area (TPSA) is 93.4 Å². The lowest BCUT2D eigenvalue weighted by atomic mass is 9.86. The zero-order valence-corrected chi connectivity index (χ0v) is 17.3. The number of carbonyl (C=O) groups excluding carboxylic acids is 2. The van der Waals surface area contributed by atoms with Crippen molar-refractivity contribution < 1.29 is 14.3 Å². The lowest BCUT2D eigenvalue weighted by Gasteiger charge is -2.22. The molecule has 0 saturated heterocycles. The average molecular weight is 406 g/mol. The second kappa shape index (κ2) is 10.7. The van der Waals surface area contributed by atoms with Crippen molar-refractivity contribution in [3.8, 4) is 5.75 Å². The first kappa shape index (κ1) is 23.5. The van der Waals surface area contributed by atoms with E-state index in [1.54, 1.807) is 24.3 Å². The van der Waals surface area contributed by atoms with Crippen LogP contribution in [0.15, 0.2) is 48.5 Å². The lowest BCUT2D eigenvalue weighted by molar-refractivity contribution is -0.118. The van der Waals surface area contributed by atoms with Crippen molar-refractivity contribution in [1.29, 1.82) is 0 Å². The molecule has 0 aliphatic rings. The smallest absolute Gasteiger partial charge is 0.262 e. The summed E-state index contributed by atoms with van der Waals surface area (Å²) in [7, 11) is 0. The molecule has 0 atom stereocenters. The van der Waals surface area contributed by atoms with Gasteiger partial charge in [0.25, 0.3) is 11.8 Å². The number of nitrogens with one attached hydrogen (secondary N) is 2. The molecule has 0 saturated carbocycles. The fourth-order valence-corrected chi connectivity index (χ4v) is 2.61.